The molecule has 1 unspecified atom stereocenters. The third kappa shape index (κ3) is 5.18. The first kappa shape index (κ1) is 15.3. The Balaban J connectivity index is 2.48. The van der Waals surface area contributed by atoms with Crippen LogP contribution in [0.1, 0.15) is 13.3 Å². The van der Waals surface area contributed by atoms with Crippen molar-refractivity contribution in [1.29, 1.82) is 0 Å². The molecule has 0 saturated heterocycles. The van der Waals surface area contributed by atoms with Crippen LogP contribution in [-0.2, 0) is 9.53 Å². The van der Waals surface area contributed by atoms with Gasteiger partial charge in [0.05, 0.1) is 26.2 Å². The molecular weight excluding hydrogens is 246 g/mol. The minimum Gasteiger partial charge on any atom is -0.497 e. The van der Waals surface area contributed by atoms with Gasteiger partial charge in [-0.15, -0.1) is 0 Å². The van der Waals surface area contributed by atoms with Gasteiger partial charge in [-0.3, -0.25) is 4.79 Å². The largest absolute Gasteiger partial charge is 0.497 e. The molecule has 0 aromatic heterocycles. The van der Waals surface area contributed by atoms with Crippen molar-refractivity contribution in [3.8, 4) is 5.75 Å². The summed E-state index contributed by atoms with van der Waals surface area (Å²) < 4.78 is 9.88. The highest BCUT2D eigenvalue weighted by atomic mass is 16.5. The second-order valence-electron chi connectivity index (χ2n) is 4.24. The van der Waals surface area contributed by atoms with Crippen LogP contribution >= 0.6 is 0 Å². The second-order valence-corrected chi connectivity index (χ2v) is 4.24. The van der Waals surface area contributed by atoms with Crippen molar-refractivity contribution < 1.29 is 19.4 Å². The molecular formula is C14H21NO4. The molecule has 0 aliphatic heterocycles. The van der Waals surface area contributed by atoms with Crippen LogP contribution in [0.2, 0.25) is 0 Å². The molecule has 106 valence electrons. The average Bonchev–Trinajstić information content (AvgIpc) is 2.38. The van der Waals surface area contributed by atoms with Gasteiger partial charge in [0.2, 0.25) is 0 Å². The maximum atomic E-state index is 11.2. The highest BCUT2D eigenvalue weighted by molar-refractivity contribution is 5.70. The van der Waals surface area contributed by atoms with Crippen LogP contribution in [-0.4, -0.2) is 44.5 Å². The Kier molecular flexibility index (Phi) is 6.15. The monoisotopic (exact) mass is 267 g/mol. The molecule has 5 nitrogen and oxygen atoms in total. The molecule has 0 bridgehead atoms. The van der Waals surface area contributed by atoms with E-state index in [-0.39, 0.29) is 12.4 Å². The summed E-state index contributed by atoms with van der Waals surface area (Å²) in [6, 6.07) is 7.50. The number of rotatable bonds is 7. The lowest BCUT2D eigenvalue weighted by Gasteiger charge is -2.22. The first-order valence-electron chi connectivity index (χ1n) is 6.25. The summed E-state index contributed by atoms with van der Waals surface area (Å²) in [4.78, 5) is 13.1. The zero-order chi connectivity index (χ0) is 14.3. The van der Waals surface area contributed by atoms with Crippen molar-refractivity contribution in [2.75, 3.05) is 32.2 Å². The summed E-state index contributed by atoms with van der Waals surface area (Å²) in [6.07, 6.45) is -0.736. The molecule has 1 aromatic carbocycles. The number of aliphatic hydroxyl groups excluding tert-OH is 1. The van der Waals surface area contributed by atoms with E-state index in [4.69, 9.17) is 9.47 Å². The number of likely N-dealkylation sites (N-methyl/N-ethyl adjacent to an activating group) is 1. The Morgan fingerprint density at radius 1 is 1.37 bits per heavy atom. The summed E-state index contributed by atoms with van der Waals surface area (Å²) in [7, 11) is 3.47. The van der Waals surface area contributed by atoms with E-state index in [1.165, 1.54) is 0 Å². The Hall–Kier alpha value is -1.75. The van der Waals surface area contributed by atoms with E-state index in [9.17, 15) is 9.90 Å². The van der Waals surface area contributed by atoms with Gasteiger partial charge in [-0.05, 0) is 31.2 Å². The van der Waals surface area contributed by atoms with Crippen molar-refractivity contribution >= 4 is 11.7 Å². The van der Waals surface area contributed by atoms with Crippen LogP contribution in [0.4, 0.5) is 5.69 Å². The van der Waals surface area contributed by atoms with E-state index in [2.05, 4.69) is 0 Å². The highest BCUT2D eigenvalue weighted by Gasteiger charge is 2.14. The third-order valence-corrected chi connectivity index (χ3v) is 2.71. The number of carbonyl (C=O) groups excluding carboxylic acids is 1. The molecule has 0 heterocycles. The number of esters is 1. The van der Waals surface area contributed by atoms with Crippen molar-refractivity contribution in [2.45, 2.75) is 19.4 Å². The van der Waals surface area contributed by atoms with Gasteiger partial charge in [0, 0.05) is 19.3 Å². The van der Waals surface area contributed by atoms with Gasteiger partial charge in [-0.2, -0.15) is 0 Å². The normalized spacial score (nSPS) is 11.8. The van der Waals surface area contributed by atoms with Crippen LogP contribution in [0.3, 0.4) is 0 Å². The molecule has 19 heavy (non-hydrogen) atoms. The first-order chi connectivity index (χ1) is 9.06. The molecule has 1 aromatic rings. The standard InChI is InChI=1S/C14H21NO4/c1-4-19-14(17)9-12(16)10-15(2)11-5-7-13(18-3)8-6-11/h5-8,12,16H,4,9-10H2,1-3H3. The molecule has 0 aliphatic rings. The minimum absolute atomic E-state index is 0.00827. The Bertz CT molecular complexity index is 391. The fourth-order valence-electron chi connectivity index (χ4n) is 1.74. The SMILES string of the molecule is CCOC(=O)CC(O)CN(C)c1ccc(OC)cc1. The summed E-state index contributed by atoms with van der Waals surface area (Å²) in [5.41, 5.74) is 0.948. The number of methoxy groups -OCH3 is 1. The smallest absolute Gasteiger partial charge is 0.308 e. The molecule has 1 atom stereocenters. The summed E-state index contributed by atoms with van der Waals surface area (Å²) >= 11 is 0. The predicted octanol–water partition coefficient (Wildman–Crippen LogP) is 1.45. The third-order valence-electron chi connectivity index (χ3n) is 2.71. The van der Waals surface area contributed by atoms with E-state index in [1.807, 2.05) is 36.2 Å². The van der Waals surface area contributed by atoms with Crippen LogP contribution in [0.15, 0.2) is 24.3 Å². The molecule has 1 rings (SSSR count). The fraction of sp³-hybridized carbons (Fsp3) is 0.500. The van der Waals surface area contributed by atoms with E-state index in [1.54, 1.807) is 14.0 Å². The molecule has 0 saturated carbocycles. The number of nitrogens with zero attached hydrogens (tertiary/aromatic N) is 1. The van der Waals surface area contributed by atoms with Gasteiger partial charge in [0.1, 0.15) is 5.75 Å². The lowest BCUT2D eigenvalue weighted by Crippen LogP contribution is -2.31. The van der Waals surface area contributed by atoms with Crippen molar-refractivity contribution in [3.05, 3.63) is 24.3 Å². The number of aliphatic hydroxyl groups is 1. The minimum atomic E-state index is -0.744. The molecule has 0 amide bonds. The van der Waals surface area contributed by atoms with Crippen LogP contribution in [0.5, 0.6) is 5.75 Å². The van der Waals surface area contributed by atoms with E-state index in [0.717, 1.165) is 11.4 Å². The topological polar surface area (TPSA) is 59.0 Å². The molecule has 0 fully saturated rings. The molecule has 5 heteroatoms. The predicted molar refractivity (Wildman–Crippen MR) is 73.5 cm³/mol. The van der Waals surface area contributed by atoms with Gasteiger partial charge < -0.3 is 19.5 Å². The molecule has 0 spiro atoms. The average molecular weight is 267 g/mol. The summed E-state index contributed by atoms with van der Waals surface area (Å²) in [6.45, 7) is 2.44. The lowest BCUT2D eigenvalue weighted by atomic mass is 10.2. The molecule has 0 aliphatic carbocycles. The number of carbonyl (C=O) groups is 1. The van der Waals surface area contributed by atoms with Gasteiger partial charge in [-0.1, -0.05) is 0 Å². The quantitative estimate of drug-likeness (QED) is 0.758. The maximum absolute atomic E-state index is 11.2. The zero-order valence-electron chi connectivity index (χ0n) is 11.6. The van der Waals surface area contributed by atoms with Crippen molar-refractivity contribution in [2.24, 2.45) is 0 Å². The van der Waals surface area contributed by atoms with Crippen LogP contribution in [0.25, 0.3) is 0 Å². The zero-order valence-corrected chi connectivity index (χ0v) is 11.6. The lowest BCUT2D eigenvalue weighted by molar-refractivity contribution is -0.145. The van der Waals surface area contributed by atoms with Crippen LogP contribution < -0.4 is 9.64 Å². The van der Waals surface area contributed by atoms with Gasteiger partial charge in [0.15, 0.2) is 0 Å². The van der Waals surface area contributed by atoms with E-state index < -0.39 is 6.10 Å². The van der Waals surface area contributed by atoms with E-state index in [0.29, 0.717) is 13.2 Å². The highest BCUT2D eigenvalue weighted by Crippen LogP contribution is 2.18. The summed E-state index contributed by atoms with van der Waals surface area (Å²) in [5.74, 6) is 0.405. The number of hydrogen-bond acceptors (Lipinski definition) is 5. The fourth-order valence-corrected chi connectivity index (χ4v) is 1.74. The van der Waals surface area contributed by atoms with Gasteiger partial charge in [-0.25, -0.2) is 0 Å². The summed E-state index contributed by atoms with van der Waals surface area (Å²) in [5, 5.41) is 9.81. The molecule has 1 N–H and O–H groups in total. The number of benzene rings is 1. The Morgan fingerprint density at radius 3 is 2.53 bits per heavy atom. The van der Waals surface area contributed by atoms with Crippen LogP contribution in [0, 0.1) is 0 Å². The number of ether oxygens (including phenoxy) is 2. The Morgan fingerprint density at radius 2 is 2.00 bits per heavy atom. The number of anilines is 1. The molecule has 0 radical (unpaired) electrons. The van der Waals surface area contributed by atoms with Gasteiger partial charge >= 0.3 is 5.97 Å². The van der Waals surface area contributed by atoms with Crippen molar-refractivity contribution in [1.82, 2.24) is 0 Å². The number of hydrogen-bond donors (Lipinski definition) is 1. The maximum Gasteiger partial charge on any atom is 0.308 e. The van der Waals surface area contributed by atoms with Gasteiger partial charge in [0.25, 0.3) is 0 Å². The second kappa shape index (κ2) is 7.63. The van der Waals surface area contributed by atoms with E-state index >= 15 is 0 Å². The first-order valence-corrected chi connectivity index (χ1v) is 6.25. The Labute approximate surface area is 113 Å². The van der Waals surface area contributed by atoms with Crippen molar-refractivity contribution in [3.63, 3.8) is 0 Å².